The monoisotopic (exact) mass is 253 g/mol. The van der Waals surface area contributed by atoms with Crippen LogP contribution in [-0.4, -0.2) is 28.9 Å². The van der Waals surface area contributed by atoms with Gasteiger partial charge in [0.2, 0.25) is 0 Å². The average molecular weight is 253 g/mol. The molecule has 3 nitrogen and oxygen atoms in total. The van der Waals surface area contributed by atoms with Gasteiger partial charge in [-0.2, -0.15) is 0 Å². The highest BCUT2D eigenvalue weighted by Gasteiger charge is 2.17. The third-order valence-electron chi connectivity index (χ3n) is 2.27. The van der Waals surface area contributed by atoms with Crippen molar-refractivity contribution >= 4 is 17.7 Å². The third-order valence-corrected chi connectivity index (χ3v) is 3.38. The summed E-state index contributed by atoms with van der Waals surface area (Å²) in [6.45, 7) is 5.94. The van der Waals surface area contributed by atoms with Gasteiger partial charge >= 0.3 is 5.97 Å². The van der Waals surface area contributed by atoms with Crippen LogP contribution in [0, 0.1) is 6.92 Å². The van der Waals surface area contributed by atoms with E-state index < -0.39 is 12.0 Å². The summed E-state index contributed by atoms with van der Waals surface area (Å²) in [4.78, 5) is 12.1. The highest BCUT2D eigenvalue weighted by atomic mass is 32.2. The molecular formula is C13H19NO2S. The number of rotatable bonds is 6. The quantitative estimate of drug-likeness (QED) is 0.765. The number of benzene rings is 1. The largest absolute Gasteiger partial charge is 0.480 e. The molecule has 0 spiro atoms. The van der Waals surface area contributed by atoms with Crippen LogP contribution in [0.5, 0.6) is 0 Å². The number of carbonyl (C=O) groups is 1. The molecule has 1 unspecified atom stereocenters. The van der Waals surface area contributed by atoms with Gasteiger partial charge in [-0.15, -0.1) is 11.8 Å². The minimum atomic E-state index is -0.793. The van der Waals surface area contributed by atoms with Crippen molar-refractivity contribution in [3.05, 3.63) is 29.8 Å². The lowest BCUT2D eigenvalue weighted by molar-refractivity contribution is -0.139. The Kier molecular flexibility index (Phi) is 5.51. The van der Waals surface area contributed by atoms with Crippen LogP contribution in [0.3, 0.4) is 0 Å². The van der Waals surface area contributed by atoms with E-state index in [-0.39, 0.29) is 6.04 Å². The zero-order chi connectivity index (χ0) is 12.8. The lowest BCUT2D eigenvalue weighted by Crippen LogP contribution is -2.42. The molecule has 1 rings (SSSR count). The van der Waals surface area contributed by atoms with Crippen LogP contribution in [0.25, 0.3) is 0 Å². The van der Waals surface area contributed by atoms with E-state index in [0.29, 0.717) is 5.75 Å². The van der Waals surface area contributed by atoms with Crippen molar-refractivity contribution in [2.75, 3.05) is 5.75 Å². The number of aliphatic carboxylic acids is 1. The van der Waals surface area contributed by atoms with E-state index in [9.17, 15) is 4.79 Å². The van der Waals surface area contributed by atoms with Crippen LogP contribution < -0.4 is 5.32 Å². The van der Waals surface area contributed by atoms with E-state index >= 15 is 0 Å². The Bertz CT molecular complexity index is 362. The van der Waals surface area contributed by atoms with Gasteiger partial charge in [-0.25, -0.2) is 0 Å². The fourth-order valence-corrected chi connectivity index (χ4v) is 2.33. The standard InChI is InChI=1S/C13H19NO2S/c1-9(2)14-12(13(15)16)8-17-11-6-4-10(3)5-7-11/h4-7,9,12,14H,8H2,1-3H3,(H,15,16). The van der Waals surface area contributed by atoms with Crippen molar-refractivity contribution < 1.29 is 9.90 Å². The minimum Gasteiger partial charge on any atom is -0.480 e. The number of aryl methyl sites for hydroxylation is 1. The Hall–Kier alpha value is -1.00. The molecule has 0 aliphatic rings. The second kappa shape index (κ2) is 6.67. The number of nitrogens with one attached hydrogen (secondary N) is 1. The molecule has 0 fully saturated rings. The van der Waals surface area contributed by atoms with Gasteiger partial charge < -0.3 is 10.4 Å². The Morgan fingerprint density at radius 1 is 1.35 bits per heavy atom. The van der Waals surface area contributed by atoms with Gasteiger partial charge in [0, 0.05) is 16.7 Å². The molecule has 1 aromatic carbocycles. The molecule has 4 heteroatoms. The summed E-state index contributed by atoms with van der Waals surface area (Å²) >= 11 is 1.56. The molecule has 0 saturated carbocycles. The van der Waals surface area contributed by atoms with E-state index in [2.05, 4.69) is 5.32 Å². The molecule has 0 saturated heterocycles. The molecule has 0 amide bonds. The SMILES string of the molecule is Cc1ccc(SCC(NC(C)C)C(=O)O)cc1. The zero-order valence-electron chi connectivity index (χ0n) is 10.4. The maximum Gasteiger partial charge on any atom is 0.321 e. The van der Waals surface area contributed by atoms with E-state index in [1.54, 1.807) is 11.8 Å². The van der Waals surface area contributed by atoms with Crippen LogP contribution in [0.4, 0.5) is 0 Å². The second-order valence-corrected chi connectivity index (χ2v) is 5.43. The predicted molar refractivity (Wildman–Crippen MR) is 71.6 cm³/mol. The first-order chi connectivity index (χ1) is 7.99. The average Bonchev–Trinajstić information content (AvgIpc) is 2.25. The summed E-state index contributed by atoms with van der Waals surface area (Å²) in [5.74, 6) is -0.255. The summed E-state index contributed by atoms with van der Waals surface area (Å²) in [7, 11) is 0. The smallest absolute Gasteiger partial charge is 0.321 e. The number of carboxylic acids is 1. The normalized spacial score (nSPS) is 12.7. The van der Waals surface area contributed by atoms with Crippen LogP contribution >= 0.6 is 11.8 Å². The van der Waals surface area contributed by atoms with Gasteiger partial charge in [-0.05, 0) is 19.1 Å². The molecule has 17 heavy (non-hydrogen) atoms. The predicted octanol–water partition coefficient (Wildman–Crippen LogP) is 2.54. The highest BCUT2D eigenvalue weighted by Crippen LogP contribution is 2.19. The van der Waals surface area contributed by atoms with Crippen molar-refractivity contribution in [1.29, 1.82) is 0 Å². The fourth-order valence-electron chi connectivity index (χ4n) is 1.41. The van der Waals surface area contributed by atoms with E-state index in [4.69, 9.17) is 5.11 Å². The summed E-state index contributed by atoms with van der Waals surface area (Å²) in [5, 5.41) is 12.1. The molecule has 2 N–H and O–H groups in total. The maximum atomic E-state index is 11.0. The summed E-state index contributed by atoms with van der Waals surface area (Å²) < 4.78 is 0. The molecule has 94 valence electrons. The van der Waals surface area contributed by atoms with Crippen LogP contribution in [0.2, 0.25) is 0 Å². The zero-order valence-corrected chi connectivity index (χ0v) is 11.3. The first-order valence-electron chi connectivity index (χ1n) is 5.67. The maximum absolute atomic E-state index is 11.0. The molecule has 0 aliphatic heterocycles. The first kappa shape index (κ1) is 14.1. The van der Waals surface area contributed by atoms with E-state index in [1.807, 2.05) is 45.0 Å². The van der Waals surface area contributed by atoms with E-state index in [0.717, 1.165) is 4.90 Å². The lowest BCUT2D eigenvalue weighted by Gasteiger charge is -2.16. The Morgan fingerprint density at radius 3 is 2.41 bits per heavy atom. The van der Waals surface area contributed by atoms with Crippen LogP contribution in [0.15, 0.2) is 29.2 Å². The lowest BCUT2D eigenvalue weighted by atomic mass is 10.2. The molecule has 1 atom stereocenters. The summed E-state index contributed by atoms with van der Waals surface area (Å²) in [5.41, 5.74) is 1.21. The number of hydrogen-bond acceptors (Lipinski definition) is 3. The van der Waals surface area contributed by atoms with Gasteiger partial charge in [0.25, 0.3) is 0 Å². The van der Waals surface area contributed by atoms with Crippen molar-refractivity contribution in [3.63, 3.8) is 0 Å². The number of hydrogen-bond donors (Lipinski definition) is 2. The molecule has 0 aliphatic carbocycles. The van der Waals surface area contributed by atoms with Crippen molar-refractivity contribution in [2.24, 2.45) is 0 Å². The van der Waals surface area contributed by atoms with Gasteiger partial charge in [0.1, 0.15) is 6.04 Å². The number of thioether (sulfide) groups is 1. The van der Waals surface area contributed by atoms with Gasteiger partial charge in [0.05, 0.1) is 0 Å². The van der Waals surface area contributed by atoms with Crippen molar-refractivity contribution in [2.45, 2.75) is 37.8 Å². The fraction of sp³-hybridized carbons (Fsp3) is 0.462. The minimum absolute atomic E-state index is 0.176. The summed E-state index contributed by atoms with van der Waals surface area (Å²) in [6.07, 6.45) is 0. The van der Waals surface area contributed by atoms with E-state index in [1.165, 1.54) is 5.56 Å². The van der Waals surface area contributed by atoms with Gasteiger partial charge in [-0.1, -0.05) is 31.5 Å². The summed E-state index contributed by atoms with van der Waals surface area (Å²) in [6, 6.07) is 7.79. The van der Waals surface area contributed by atoms with Crippen molar-refractivity contribution in [1.82, 2.24) is 5.32 Å². The van der Waals surface area contributed by atoms with Crippen molar-refractivity contribution in [3.8, 4) is 0 Å². The molecule has 0 heterocycles. The molecule has 1 aromatic rings. The molecular weight excluding hydrogens is 234 g/mol. The Labute approximate surface area is 107 Å². The molecule has 0 bridgehead atoms. The third kappa shape index (κ3) is 5.24. The topological polar surface area (TPSA) is 49.3 Å². The highest BCUT2D eigenvalue weighted by molar-refractivity contribution is 7.99. The Balaban J connectivity index is 2.51. The van der Waals surface area contributed by atoms with Gasteiger partial charge in [-0.3, -0.25) is 4.79 Å². The number of carboxylic acid groups (broad SMARTS) is 1. The molecule has 0 aromatic heterocycles. The molecule has 0 radical (unpaired) electrons. The Morgan fingerprint density at radius 2 is 1.94 bits per heavy atom. The van der Waals surface area contributed by atoms with Crippen LogP contribution in [0.1, 0.15) is 19.4 Å². The van der Waals surface area contributed by atoms with Gasteiger partial charge in [0.15, 0.2) is 0 Å². The first-order valence-corrected chi connectivity index (χ1v) is 6.66. The van der Waals surface area contributed by atoms with Crippen LogP contribution in [-0.2, 0) is 4.79 Å². The second-order valence-electron chi connectivity index (χ2n) is 4.34.